The fraction of sp³-hybridized carbons (Fsp3) is 0.483. The second-order valence-electron chi connectivity index (χ2n) is 11.2. The van der Waals surface area contributed by atoms with Crippen LogP contribution in [-0.4, -0.2) is 87.5 Å². The first kappa shape index (κ1) is 28.2. The molecule has 0 bridgehead atoms. The molecule has 1 saturated heterocycles. The number of imidazole rings is 1. The molecule has 0 spiro atoms. The Morgan fingerprint density at radius 3 is 2.66 bits per heavy atom. The molecule has 2 aliphatic heterocycles. The molecule has 12 nitrogen and oxygen atoms in total. The molecule has 0 saturated carbocycles. The topological polar surface area (TPSA) is 124 Å². The number of rotatable bonds is 7. The highest BCUT2D eigenvalue weighted by atomic mass is 16.6. The van der Waals surface area contributed by atoms with Gasteiger partial charge in [-0.15, -0.1) is 0 Å². The molecule has 5 rings (SSSR count). The number of nitrogens with zero attached hydrogens (tertiary/aromatic N) is 6. The van der Waals surface area contributed by atoms with Gasteiger partial charge in [0, 0.05) is 56.8 Å². The molecule has 1 atom stereocenters. The Kier molecular flexibility index (Phi) is 8.27. The summed E-state index contributed by atoms with van der Waals surface area (Å²) in [5.74, 6) is 2.56. The van der Waals surface area contributed by atoms with Crippen molar-refractivity contribution in [2.75, 3.05) is 44.3 Å². The van der Waals surface area contributed by atoms with Crippen molar-refractivity contribution in [1.29, 1.82) is 0 Å². The molecule has 1 unspecified atom stereocenters. The van der Waals surface area contributed by atoms with E-state index in [2.05, 4.69) is 20.2 Å². The summed E-state index contributed by atoms with van der Waals surface area (Å²) in [7, 11) is 0. The van der Waals surface area contributed by atoms with E-state index >= 15 is 0 Å². The first-order valence-corrected chi connectivity index (χ1v) is 13.9. The zero-order valence-corrected chi connectivity index (χ0v) is 24.0. The van der Waals surface area contributed by atoms with Gasteiger partial charge in [-0.3, -0.25) is 9.36 Å². The number of aryl methyl sites for hydroxylation is 1. The number of piperazine rings is 1. The lowest BCUT2D eigenvalue weighted by Gasteiger charge is -2.42. The molecule has 1 fully saturated rings. The number of carbonyl (C=O) groups excluding carboxylic acids is 2. The lowest BCUT2D eigenvalue weighted by molar-refractivity contribution is -0.121. The van der Waals surface area contributed by atoms with Crippen molar-refractivity contribution in [3.63, 3.8) is 0 Å². The largest absolute Gasteiger partial charge is 0.486 e. The zero-order valence-electron chi connectivity index (χ0n) is 24.0. The summed E-state index contributed by atoms with van der Waals surface area (Å²) in [5, 5.41) is 3.04. The van der Waals surface area contributed by atoms with E-state index in [0.29, 0.717) is 57.6 Å². The third-order valence-corrected chi connectivity index (χ3v) is 6.76. The highest BCUT2D eigenvalue weighted by Gasteiger charge is 2.34. The number of nitrogens with one attached hydrogen (secondary N) is 1. The highest BCUT2D eigenvalue weighted by Crippen LogP contribution is 2.31. The number of amides is 2. The van der Waals surface area contributed by atoms with Crippen LogP contribution < -0.4 is 19.7 Å². The lowest BCUT2D eigenvalue weighted by Crippen LogP contribution is -2.57. The molecule has 4 heterocycles. The van der Waals surface area contributed by atoms with Crippen molar-refractivity contribution >= 4 is 17.8 Å². The second-order valence-corrected chi connectivity index (χ2v) is 11.2. The van der Waals surface area contributed by atoms with Gasteiger partial charge in [-0.1, -0.05) is 6.07 Å². The zero-order chi connectivity index (χ0) is 29.0. The number of hydrogen-bond acceptors (Lipinski definition) is 9. The Bertz CT molecular complexity index is 1370. The van der Waals surface area contributed by atoms with Crippen LogP contribution in [0.3, 0.4) is 0 Å². The molecule has 2 aromatic heterocycles. The number of fused-ring (bicyclic) bond motifs is 1. The van der Waals surface area contributed by atoms with Crippen molar-refractivity contribution in [3.05, 3.63) is 54.2 Å². The Hall–Kier alpha value is -4.35. The van der Waals surface area contributed by atoms with Gasteiger partial charge < -0.3 is 29.3 Å². The van der Waals surface area contributed by atoms with E-state index in [1.54, 1.807) is 28.2 Å². The molecular formula is C29H37N7O5. The van der Waals surface area contributed by atoms with Gasteiger partial charge in [0.1, 0.15) is 31.0 Å². The Balaban J connectivity index is 1.28. The Morgan fingerprint density at radius 2 is 1.90 bits per heavy atom. The van der Waals surface area contributed by atoms with Gasteiger partial charge in [-0.2, -0.15) is 4.98 Å². The van der Waals surface area contributed by atoms with Gasteiger partial charge >= 0.3 is 6.09 Å². The average molecular weight is 564 g/mol. The number of aromatic nitrogens is 4. The van der Waals surface area contributed by atoms with Crippen molar-refractivity contribution in [1.82, 2.24) is 29.7 Å². The number of hydrogen-bond donors (Lipinski definition) is 1. The van der Waals surface area contributed by atoms with E-state index in [0.717, 1.165) is 22.8 Å². The van der Waals surface area contributed by atoms with E-state index < -0.39 is 5.60 Å². The van der Waals surface area contributed by atoms with E-state index in [9.17, 15) is 9.59 Å². The molecule has 0 aliphatic carbocycles. The predicted molar refractivity (Wildman–Crippen MR) is 152 cm³/mol. The fourth-order valence-electron chi connectivity index (χ4n) is 4.88. The summed E-state index contributed by atoms with van der Waals surface area (Å²) in [4.78, 5) is 43.2. The predicted octanol–water partition coefficient (Wildman–Crippen LogP) is 2.92. The third kappa shape index (κ3) is 7.24. The van der Waals surface area contributed by atoms with Crippen LogP contribution in [0.2, 0.25) is 0 Å². The van der Waals surface area contributed by atoms with Gasteiger partial charge in [-0.25, -0.2) is 14.8 Å². The van der Waals surface area contributed by atoms with E-state index in [1.807, 2.05) is 52.0 Å². The van der Waals surface area contributed by atoms with Crippen molar-refractivity contribution < 1.29 is 23.8 Å². The van der Waals surface area contributed by atoms with Crippen molar-refractivity contribution in [2.45, 2.75) is 52.2 Å². The summed E-state index contributed by atoms with van der Waals surface area (Å²) in [6, 6.07) is 7.43. The minimum atomic E-state index is -0.613. The molecule has 0 radical (unpaired) electrons. The van der Waals surface area contributed by atoms with Crippen molar-refractivity contribution in [3.8, 4) is 17.4 Å². The van der Waals surface area contributed by atoms with Crippen LogP contribution in [0.1, 0.15) is 38.4 Å². The van der Waals surface area contributed by atoms with Gasteiger partial charge in [0.2, 0.25) is 11.9 Å². The molecular weight excluding hydrogens is 526 g/mol. The monoisotopic (exact) mass is 563 g/mol. The molecule has 2 amide bonds. The van der Waals surface area contributed by atoms with Crippen LogP contribution in [0.15, 0.2) is 43.0 Å². The minimum absolute atomic E-state index is 0.107. The van der Waals surface area contributed by atoms with Crippen LogP contribution in [0.4, 0.5) is 10.6 Å². The summed E-state index contributed by atoms with van der Waals surface area (Å²) < 4.78 is 18.6. The summed E-state index contributed by atoms with van der Waals surface area (Å²) in [6.07, 6.45) is 5.55. The van der Waals surface area contributed by atoms with Crippen LogP contribution in [0.25, 0.3) is 5.95 Å². The molecule has 1 aromatic carbocycles. The van der Waals surface area contributed by atoms with Crippen LogP contribution in [0, 0.1) is 6.92 Å². The lowest BCUT2D eigenvalue weighted by atomic mass is 10.1. The van der Waals surface area contributed by atoms with Crippen molar-refractivity contribution in [2.24, 2.45) is 0 Å². The Labute approximate surface area is 239 Å². The molecule has 218 valence electrons. The summed E-state index contributed by atoms with van der Waals surface area (Å²) >= 11 is 0. The second kappa shape index (κ2) is 12.0. The molecule has 3 aromatic rings. The van der Waals surface area contributed by atoms with Crippen LogP contribution in [-0.2, 0) is 16.0 Å². The fourth-order valence-corrected chi connectivity index (χ4v) is 4.88. The first-order chi connectivity index (χ1) is 19.6. The van der Waals surface area contributed by atoms with Gasteiger partial charge in [0.05, 0.1) is 6.04 Å². The van der Waals surface area contributed by atoms with Gasteiger partial charge in [0.25, 0.3) is 0 Å². The molecule has 1 N–H and O–H groups in total. The third-order valence-electron chi connectivity index (χ3n) is 6.76. The number of anilines is 1. The normalized spacial score (nSPS) is 16.8. The van der Waals surface area contributed by atoms with E-state index in [1.165, 1.54) is 0 Å². The Morgan fingerprint density at radius 1 is 1.10 bits per heavy atom. The quantitative estimate of drug-likeness (QED) is 0.462. The maximum Gasteiger partial charge on any atom is 0.410 e. The summed E-state index contributed by atoms with van der Waals surface area (Å²) in [5.41, 5.74) is 1.22. The summed E-state index contributed by atoms with van der Waals surface area (Å²) in [6.45, 7) is 10.2. The molecule has 41 heavy (non-hydrogen) atoms. The first-order valence-electron chi connectivity index (χ1n) is 13.9. The number of carbonyl (C=O) groups is 2. The SMILES string of the molecule is Cc1cc(N2CCN(C(=O)OC(C)(C)C)CC2CC(=O)NCCc2ccc3c(c2)OCCO3)nc(-n2ccnc2)n1. The highest BCUT2D eigenvalue weighted by molar-refractivity contribution is 5.77. The maximum atomic E-state index is 13.2. The minimum Gasteiger partial charge on any atom is -0.486 e. The average Bonchev–Trinajstić information content (AvgIpc) is 3.47. The maximum absolute atomic E-state index is 13.2. The van der Waals surface area contributed by atoms with Crippen LogP contribution >= 0.6 is 0 Å². The van der Waals surface area contributed by atoms with Gasteiger partial charge in [-0.05, 0) is 51.8 Å². The molecule has 2 aliphatic rings. The van der Waals surface area contributed by atoms with Gasteiger partial charge in [0.15, 0.2) is 11.5 Å². The number of ether oxygens (including phenoxy) is 3. The van der Waals surface area contributed by atoms with Crippen LogP contribution in [0.5, 0.6) is 11.5 Å². The van der Waals surface area contributed by atoms with E-state index in [4.69, 9.17) is 19.2 Å². The smallest absolute Gasteiger partial charge is 0.410 e. The number of benzene rings is 1. The van der Waals surface area contributed by atoms with E-state index in [-0.39, 0.29) is 24.5 Å². The molecule has 12 heteroatoms. The standard InChI is InChI=1S/C29H37N7O5/c1-20-15-25(33-27(32-20)35-10-9-30-19-35)36-12-11-34(28(38)41-29(2,3)4)18-22(36)17-26(37)31-8-7-21-5-6-23-24(16-21)40-14-13-39-23/h5-6,9-10,15-16,19,22H,7-8,11-14,17-18H2,1-4H3,(H,31,37).